The minimum absolute atomic E-state index is 0.0431. The van der Waals surface area contributed by atoms with Crippen LogP contribution in [0.3, 0.4) is 0 Å². The van der Waals surface area contributed by atoms with Crippen molar-refractivity contribution in [3.8, 4) is 0 Å². The lowest BCUT2D eigenvalue weighted by Crippen LogP contribution is -2.61. The van der Waals surface area contributed by atoms with Crippen molar-refractivity contribution in [2.45, 2.75) is 17.6 Å². The number of amides is 1. The third-order valence-electron chi connectivity index (χ3n) is 4.89. The Morgan fingerprint density at radius 3 is 2.77 bits per heavy atom. The number of benzene rings is 1. The number of Topliss-reactive ketones (excluding diaryl/α,β-unsaturated/α-hetero) is 1. The summed E-state index contributed by atoms with van der Waals surface area (Å²) in [7, 11) is 0. The highest BCUT2D eigenvalue weighted by Crippen LogP contribution is 2.37. The number of aliphatic hydroxyl groups is 2. The van der Waals surface area contributed by atoms with Crippen LogP contribution in [0, 0.1) is 12.7 Å². The van der Waals surface area contributed by atoms with Crippen LogP contribution >= 0.6 is 34.7 Å². The maximum absolute atomic E-state index is 13.8. The van der Waals surface area contributed by atoms with Gasteiger partial charge >= 0.3 is 0 Å². The lowest BCUT2D eigenvalue weighted by molar-refractivity contribution is -0.159. The maximum atomic E-state index is 13.8. The van der Waals surface area contributed by atoms with E-state index in [-0.39, 0.29) is 29.6 Å². The van der Waals surface area contributed by atoms with Crippen molar-refractivity contribution in [2.75, 3.05) is 25.4 Å². The minimum Gasteiger partial charge on any atom is -0.387 e. The van der Waals surface area contributed by atoms with Gasteiger partial charge in [-0.25, -0.2) is 14.4 Å². The summed E-state index contributed by atoms with van der Waals surface area (Å²) in [4.78, 5) is 35.2. The maximum Gasteiger partial charge on any atom is 0.248 e. The van der Waals surface area contributed by atoms with Crippen LogP contribution in [0.25, 0.3) is 10.9 Å². The molecular formula is C20H17ClFN3O4S2. The zero-order valence-corrected chi connectivity index (χ0v) is 18.7. The number of thiophene rings is 1. The highest BCUT2D eigenvalue weighted by atomic mass is 35.5. The quantitative estimate of drug-likeness (QED) is 0.317. The van der Waals surface area contributed by atoms with Crippen LogP contribution in [-0.4, -0.2) is 62.2 Å². The Labute approximate surface area is 189 Å². The van der Waals surface area contributed by atoms with E-state index in [4.69, 9.17) is 16.7 Å². The summed E-state index contributed by atoms with van der Waals surface area (Å²) in [5.74, 6) is -0.615. The first-order valence-electron chi connectivity index (χ1n) is 9.21. The second-order valence-corrected chi connectivity index (χ2v) is 9.63. The van der Waals surface area contributed by atoms with Gasteiger partial charge in [0.25, 0.3) is 0 Å². The van der Waals surface area contributed by atoms with Crippen LogP contribution in [0.2, 0.25) is 5.02 Å². The molecule has 0 bridgehead atoms. The summed E-state index contributed by atoms with van der Waals surface area (Å²) < 4.78 is 13.8. The number of aromatic nitrogens is 2. The van der Waals surface area contributed by atoms with Gasteiger partial charge in [-0.2, -0.15) is 0 Å². The Hall–Kier alpha value is -2.11. The van der Waals surface area contributed by atoms with Gasteiger partial charge in [0.05, 0.1) is 34.3 Å². The molecule has 3 heterocycles. The molecule has 0 unspecified atom stereocenters. The molecule has 11 heteroatoms. The van der Waals surface area contributed by atoms with Gasteiger partial charge in [-0.1, -0.05) is 23.4 Å². The number of hydrogen-bond donors (Lipinski definition) is 2. The van der Waals surface area contributed by atoms with E-state index in [0.29, 0.717) is 31.5 Å². The number of nitrogens with zero attached hydrogens (tertiary/aromatic N) is 3. The predicted octanol–water partition coefficient (Wildman–Crippen LogP) is 2.79. The molecular weight excluding hydrogens is 465 g/mol. The average molecular weight is 482 g/mol. The van der Waals surface area contributed by atoms with Gasteiger partial charge in [-0.15, -0.1) is 11.3 Å². The van der Waals surface area contributed by atoms with E-state index < -0.39 is 23.9 Å². The fraction of sp³-hybridized carbons (Fsp3) is 0.300. The molecule has 1 amide bonds. The molecule has 1 aliphatic rings. The summed E-state index contributed by atoms with van der Waals surface area (Å²) in [6.07, 6.45) is 0. The summed E-state index contributed by atoms with van der Waals surface area (Å²) in [5.41, 5.74) is -0.793. The molecule has 162 valence electrons. The molecule has 1 aromatic carbocycles. The number of fused-ring (bicyclic) bond motifs is 1. The number of likely N-dealkylation sites (tertiary alicyclic amines) is 1. The third-order valence-corrected chi connectivity index (χ3v) is 7.49. The summed E-state index contributed by atoms with van der Waals surface area (Å²) >= 11 is 8.28. The number of thioether (sulfide) groups is 1. The SMILES string of the molecule is Cc1nc(SCC(=O)c2ccc(C3(O)CN(C(=O)CO)C3)s2)c2cc(Cl)c(F)cc2n1. The Morgan fingerprint density at radius 1 is 1.32 bits per heavy atom. The van der Waals surface area contributed by atoms with E-state index in [1.165, 1.54) is 40.1 Å². The third kappa shape index (κ3) is 4.31. The Balaban J connectivity index is 1.47. The topological polar surface area (TPSA) is 104 Å². The van der Waals surface area contributed by atoms with Gasteiger partial charge in [0, 0.05) is 16.3 Å². The molecule has 3 aromatic rings. The summed E-state index contributed by atoms with van der Waals surface area (Å²) in [6.45, 7) is 1.25. The number of halogens is 2. The van der Waals surface area contributed by atoms with E-state index in [9.17, 15) is 19.1 Å². The van der Waals surface area contributed by atoms with Gasteiger partial charge < -0.3 is 15.1 Å². The number of carbonyl (C=O) groups is 2. The van der Waals surface area contributed by atoms with Crippen LogP contribution in [-0.2, 0) is 10.4 Å². The van der Waals surface area contributed by atoms with Crippen molar-refractivity contribution in [1.82, 2.24) is 14.9 Å². The lowest BCUT2D eigenvalue weighted by Gasteiger charge is -2.45. The number of β-amino-alcohol motifs (C(OH)–C–C–N with tert-alkyl or cyclic N) is 1. The van der Waals surface area contributed by atoms with E-state index in [1.807, 2.05) is 0 Å². The molecule has 0 radical (unpaired) electrons. The van der Waals surface area contributed by atoms with E-state index in [0.717, 1.165) is 0 Å². The molecule has 2 aromatic heterocycles. The van der Waals surface area contributed by atoms with Crippen LogP contribution in [0.1, 0.15) is 20.4 Å². The largest absolute Gasteiger partial charge is 0.387 e. The molecule has 31 heavy (non-hydrogen) atoms. The molecule has 4 rings (SSSR count). The van der Waals surface area contributed by atoms with Gasteiger partial charge in [0.2, 0.25) is 5.91 Å². The molecule has 2 N–H and O–H groups in total. The predicted molar refractivity (Wildman–Crippen MR) is 116 cm³/mol. The molecule has 1 saturated heterocycles. The molecule has 0 aliphatic carbocycles. The van der Waals surface area contributed by atoms with Crippen LogP contribution in [0.4, 0.5) is 4.39 Å². The van der Waals surface area contributed by atoms with Crippen molar-refractivity contribution in [2.24, 2.45) is 0 Å². The van der Waals surface area contributed by atoms with Crippen molar-refractivity contribution >= 4 is 57.3 Å². The van der Waals surface area contributed by atoms with Crippen LogP contribution < -0.4 is 0 Å². The fourth-order valence-electron chi connectivity index (χ4n) is 3.28. The minimum atomic E-state index is -1.21. The van der Waals surface area contributed by atoms with Crippen molar-refractivity contribution < 1.29 is 24.2 Å². The first-order chi connectivity index (χ1) is 14.7. The number of hydrogen-bond acceptors (Lipinski definition) is 8. The molecule has 0 atom stereocenters. The number of aliphatic hydroxyl groups excluding tert-OH is 1. The van der Waals surface area contributed by atoms with Gasteiger partial charge in [0.15, 0.2) is 5.78 Å². The first-order valence-corrected chi connectivity index (χ1v) is 11.4. The summed E-state index contributed by atoms with van der Waals surface area (Å²) in [6, 6.07) is 6.02. The average Bonchev–Trinajstić information content (AvgIpc) is 3.21. The zero-order valence-electron chi connectivity index (χ0n) is 16.3. The number of ketones is 1. The van der Waals surface area contributed by atoms with Crippen molar-refractivity contribution in [3.05, 3.63) is 50.7 Å². The number of carbonyl (C=O) groups excluding carboxylic acids is 2. The second-order valence-electron chi connectivity index (χ2n) is 7.17. The zero-order chi connectivity index (χ0) is 22.3. The van der Waals surface area contributed by atoms with Gasteiger partial charge in [0.1, 0.15) is 28.9 Å². The van der Waals surface area contributed by atoms with Gasteiger partial charge in [-0.05, 0) is 25.1 Å². The Morgan fingerprint density at radius 2 is 2.06 bits per heavy atom. The fourth-order valence-corrected chi connectivity index (χ4v) is 5.49. The second kappa shape index (κ2) is 8.44. The highest BCUT2D eigenvalue weighted by molar-refractivity contribution is 8.00. The van der Waals surface area contributed by atoms with Gasteiger partial charge in [-0.3, -0.25) is 9.59 Å². The molecule has 7 nitrogen and oxygen atoms in total. The lowest BCUT2D eigenvalue weighted by atomic mass is 9.92. The molecule has 1 fully saturated rings. The van der Waals surface area contributed by atoms with E-state index >= 15 is 0 Å². The van der Waals surface area contributed by atoms with Crippen molar-refractivity contribution in [1.29, 1.82) is 0 Å². The van der Waals surface area contributed by atoms with E-state index in [1.54, 1.807) is 19.1 Å². The summed E-state index contributed by atoms with van der Waals surface area (Å²) in [5, 5.41) is 20.6. The van der Waals surface area contributed by atoms with E-state index in [2.05, 4.69) is 9.97 Å². The van der Waals surface area contributed by atoms with Crippen molar-refractivity contribution in [3.63, 3.8) is 0 Å². The number of aryl methyl sites for hydroxylation is 1. The molecule has 1 aliphatic heterocycles. The molecule has 0 spiro atoms. The monoisotopic (exact) mass is 481 g/mol. The Bertz CT molecular complexity index is 1200. The first kappa shape index (κ1) is 22.1. The van der Waals surface area contributed by atoms with Crippen LogP contribution in [0.15, 0.2) is 29.3 Å². The smallest absolute Gasteiger partial charge is 0.248 e. The standard InChI is InChI=1S/C20H17ClFN3O4S2/c1-10-23-14-5-13(22)12(21)4-11(14)19(24-10)30-7-15(27)16-2-3-17(31-16)20(29)8-25(9-20)18(28)6-26/h2-5,26,29H,6-9H2,1H3. The van der Waals surface area contributed by atoms with Crippen LogP contribution in [0.5, 0.6) is 0 Å². The highest BCUT2D eigenvalue weighted by Gasteiger charge is 2.45. The normalized spacial score (nSPS) is 15.2. The number of rotatable bonds is 6. The Kier molecular flexibility index (Phi) is 6.01. The molecule has 0 saturated carbocycles.